The van der Waals surface area contributed by atoms with Gasteiger partial charge >= 0.3 is 7.12 Å². The van der Waals surface area contributed by atoms with E-state index in [1.165, 1.54) is 94.3 Å². The first kappa shape index (κ1) is 34.6. The summed E-state index contributed by atoms with van der Waals surface area (Å²) in [5, 5.41) is 2.38. The monoisotopic (exact) mass is 759 g/mol. The molecule has 2 aliphatic heterocycles. The summed E-state index contributed by atoms with van der Waals surface area (Å²) in [5.41, 5.74) is 17.6. The Hall–Kier alpha value is -6.46. The highest BCUT2D eigenvalue weighted by atomic mass is 16.7. The van der Waals surface area contributed by atoms with Crippen LogP contribution >= 0.6 is 0 Å². The second-order valence-electron chi connectivity index (χ2n) is 17.4. The normalized spacial score (nSPS) is 16.4. The molecule has 0 radical (unpaired) electrons. The highest BCUT2D eigenvalue weighted by Gasteiger charge is 2.55. The molecule has 3 heterocycles. The third-order valence-corrected chi connectivity index (χ3v) is 13.8. The maximum Gasteiger partial charge on any atom is 0.495 e. The van der Waals surface area contributed by atoms with E-state index in [0.29, 0.717) is 0 Å². The maximum absolute atomic E-state index is 7.07. The minimum Gasteiger partial charge on any atom is -0.399 e. The molecule has 0 N–H and O–H groups in total. The fourth-order valence-electron chi connectivity index (χ4n) is 10.5. The van der Waals surface area contributed by atoms with Gasteiger partial charge in [-0.05, 0) is 113 Å². The predicted octanol–water partition coefficient (Wildman–Crippen LogP) is 12.8. The van der Waals surface area contributed by atoms with Crippen molar-refractivity contribution in [1.82, 2.24) is 4.57 Å². The van der Waals surface area contributed by atoms with Gasteiger partial charge in [-0.1, -0.05) is 158 Å². The molecule has 3 nitrogen and oxygen atoms in total. The van der Waals surface area contributed by atoms with Gasteiger partial charge in [0.1, 0.15) is 0 Å². The summed E-state index contributed by atoms with van der Waals surface area (Å²) in [6.45, 7) is 8.62. The van der Waals surface area contributed by atoms with Gasteiger partial charge in [0.15, 0.2) is 0 Å². The third kappa shape index (κ3) is 4.67. The Morgan fingerprint density at radius 3 is 1.66 bits per heavy atom. The van der Waals surface area contributed by atoms with Gasteiger partial charge in [0.25, 0.3) is 0 Å². The third-order valence-electron chi connectivity index (χ3n) is 13.8. The van der Waals surface area contributed by atoms with Crippen LogP contribution in [0, 0.1) is 0 Å². The lowest BCUT2D eigenvalue weighted by Gasteiger charge is -2.35. The van der Waals surface area contributed by atoms with Gasteiger partial charge in [-0.3, -0.25) is 0 Å². The van der Waals surface area contributed by atoms with Gasteiger partial charge in [-0.15, -0.1) is 0 Å². The van der Waals surface area contributed by atoms with E-state index < -0.39 is 23.7 Å². The molecule has 1 aromatic heterocycles. The first-order valence-corrected chi connectivity index (χ1v) is 20.8. The lowest BCUT2D eigenvalue weighted by atomic mass is 9.65. The lowest BCUT2D eigenvalue weighted by molar-refractivity contribution is 0.00578. The first-order valence-electron chi connectivity index (χ1n) is 20.8. The van der Waals surface area contributed by atoms with Crippen molar-refractivity contribution >= 4 is 34.4 Å². The SMILES string of the molecule is CC1(C)OB(c2cc3c4c5c2c2ccccc2n5-c2ccccc2-c2cccc(c2-4)C3(c2cccc(-c3ccccc3)c2)c2cccc(-c3ccccc3)c2)OC1(C)C. The van der Waals surface area contributed by atoms with Crippen molar-refractivity contribution in [3.05, 3.63) is 204 Å². The van der Waals surface area contributed by atoms with Crippen LogP contribution < -0.4 is 5.46 Å². The zero-order valence-electron chi connectivity index (χ0n) is 33.7. The molecule has 0 spiro atoms. The van der Waals surface area contributed by atoms with Crippen LogP contribution in [0.15, 0.2) is 182 Å². The zero-order chi connectivity index (χ0) is 39.7. The summed E-state index contributed by atoms with van der Waals surface area (Å²) in [4.78, 5) is 0. The topological polar surface area (TPSA) is 23.4 Å². The average molecular weight is 760 g/mol. The molecule has 1 fully saturated rings. The molecule has 0 bridgehead atoms. The first-order chi connectivity index (χ1) is 28.8. The number of para-hydroxylation sites is 2. The Labute approximate surface area is 345 Å². The molecule has 8 aromatic carbocycles. The van der Waals surface area contributed by atoms with Crippen molar-refractivity contribution in [3.8, 4) is 50.2 Å². The molecule has 1 aliphatic carbocycles. The van der Waals surface area contributed by atoms with Crippen LogP contribution in [0.1, 0.15) is 49.9 Å². The van der Waals surface area contributed by atoms with Crippen molar-refractivity contribution in [2.75, 3.05) is 0 Å². The van der Waals surface area contributed by atoms with Crippen molar-refractivity contribution in [2.45, 2.75) is 44.3 Å². The minimum absolute atomic E-state index is 0.525. The van der Waals surface area contributed by atoms with Gasteiger partial charge < -0.3 is 13.9 Å². The van der Waals surface area contributed by atoms with Crippen molar-refractivity contribution in [2.24, 2.45) is 0 Å². The van der Waals surface area contributed by atoms with Gasteiger partial charge in [-0.25, -0.2) is 0 Å². The molecule has 0 atom stereocenters. The number of benzene rings is 8. The van der Waals surface area contributed by atoms with Crippen LogP contribution in [0.2, 0.25) is 0 Å². The number of rotatable bonds is 5. The smallest absolute Gasteiger partial charge is 0.399 e. The molecule has 12 rings (SSSR count). The van der Waals surface area contributed by atoms with E-state index in [9.17, 15) is 0 Å². The molecule has 59 heavy (non-hydrogen) atoms. The summed E-state index contributed by atoms with van der Waals surface area (Å²) in [6.07, 6.45) is 0. The lowest BCUT2D eigenvalue weighted by Crippen LogP contribution is -2.41. The second-order valence-corrected chi connectivity index (χ2v) is 17.4. The van der Waals surface area contributed by atoms with Crippen molar-refractivity contribution in [1.29, 1.82) is 0 Å². The standard InChI is InChI=1S/C55H42BNO2/c1-53(2)54(3,4)59-56(58-53)46-34-45-51-49-42(41-26-11-13-30-47(41)57-48-31-14-12-27-43(48)50(46)52(51)57)28-17-29-44(49)55(45,39-24-15-22-37(32-39)35-18-7-5-8-19-35)40-25-16-23-38(33-40)36-20-9-6-10-21-36/h5-34H,1-4H3. The van der Waals surface area contributed by atoms with Gasteiger partial charge in [0, 0.05) is 21.9 Å². The van der Waals surface area contributed by atoms with Gasteiger partial charge in [0.2, 0.25) is 0 Å². The number of fused-ring (bicyclic) bond motifs is 6. The molecule has 9 aromatic rings. The van der Waals surface area contributed by atoms with Crippen molar-refractivity contribution < 1.29 is 9.31 Å². The molecule has 0 saturated carbocycles. The van der Waals surface area contributed by atoms with E-state index in [2.05, 4.69) is 214 Å². The molecule has 0 unspecified atom stereocenters. The highest BCUT2D eigenvalue weighted by Crippen LogP contribution is 2.62. The summed E-state index contributed by atoms with van der Waals surface area (Å²) in [7, 11) is -0.588. The number of hydrogen-bond donors (Lipinski definition) is 0. The Kier molecular flexibility index (Phi) is 7.20. The van der Waals surface area contributed by atoms with Crippen molar-refractivity contribution in [3.63, 3.8) is 0 Å². The summed E-state index contributed by atoms with van der Waals surface area (Å²) in [5.74, 6) is 0. The molecule has 4 heteroatoms. The Bertz CT molecular complexity index is 3080. The zero-order valence-corrected chi connectivity index (χ0v) is 33.7. The van der Waals surface area contributed by atoms with E-state index >= 15 is 0 Å². The Morgan fingerprint density at radius 2 is 1.00 bits per heavy atom. The van der Waals surface area contributed by atoms with Gasteiger partial charge in [0.05, 0.1) is 33.3 Å². The summed E-state index contributed by atoms with van der Waals surface area (Å²) in [6, 6.07) is 67.4. The Morgan fingerprint density at radius 1 is 0.458 bits per heavy atom. The van der Waals surface area contributed by atoms with Crippen LogP contribution in [0.5, 0.6) is 0 Å². The van der Waals surface area contributed by atoms with E-state index in [0.717, 1.165) is 5.46 Å². The summed E-state index contributed by atoms with van der Waals surface area (Å²) < 4.78 is 16.7. The van der Waals surface area contributed by atoms with Gasteiger partial charge in [-0.2, -0.15) is 0 Å². The van der Waals surface area contributed by atoms with Crippen LogP contribution in [-0.4, -0.2) is 22.9 Å². The predicted molar refractivity (Wildman–Crippen MR) is 244 cm³/mol. The van der Waals surface area contributed by atoms with E-state index in [1.54, 1.807) is 0 Å². The van der Waals surface area contributed by atoms with Crippen LogP contribution in [-0.2, 0) is 14.7 Å². The molecule has 1 saturated heterocycles. The summed E-state index contributed by atoms with van der Waals surface area (Å²) >= 11 is 0. The van der Waals surface area contributed by atoms with E-state index in [-0.39, 0.29) is 0 Å². The number of aromatic nitrogens is 1. The fraction of sp³-hybridized carbons (Fsp3) is 0.127. The molecule has 282 valence electrons. The fourth-order valence-corrected chi connectivity index (χ4v) is 10.5. The largest absolute Gasteiger partial charge is 0.495 e. The maximum atomic E-state index is 7.07. The quantitative estimate of drug-likeness (QED) is 0.163. The molecule has 3 aliphatic rings. The minimum atomic E-state index is -0.712. The number of nitrogens with zero attached hydrogens (tertiary/aromatic N) is 1. The van der Waals surface area contributed by atoms with E-state index in [1.807, 2.05) is 0 Å². The second kappa shape index (κ2) is 12.3. The van der Waals surface area contributed by atoms with E-state index in [4.69, 9.17) is 9.31 Å². The highest BCUT2D eigenvalue weighted by molar-refractivity contribution is 6.66. The molecular formula is C55H42BNO2. The number of hydrogen-bond acceptors (Lipinski definition) is 2. The van der Waals surface area contributed by atoms with Crippen LogP contribution in [0.25, 0.3) is 72.0 Å². The van der Waals surface area contributed by atoms with Crippen LogP contribution in [0.4, 0.5) is 0 Å². The van der Waals surface area contributed by atoms with Crippen LogP contribution in [0.3, 0.4) is 0 Å². The molecular weight excluding hydrogens is 717 g/mol. The average Bonchev–Trinajstić information content (AvgIpc) is 3.82. The Balaban J connectivity index is 1.30. The molecule has 0 amide bonds.